The lowest BCUT2D eigenvalue weighted by Gasteiger charge is -2.20. The van der Waals surface area contributed by atoms with Gasteiger partial charge in [0.1, 0.15) is 5.82 Å². The van der Waals surface area contributed by atoms with Crippen LogP contribution in [-0.2, 0) is 11.3 Å². The van der Waals surface area contributed by atoms with Gasteiger partial charge in [-0.3, -0.25) is 4.79 Å². The van der Waals surface area contributed by atoms with Gasteiger partial charge >= 0.3 is 0 Å². The molecular weight excluding hydrogens is 294 g/mol. The zero-order chi connectivity index (χ0) is 15.8. The van der Waals surface area contributed by atoms with Crippen molar-refractivity contribution in [3.8, 4) is 0 Å². The molecule has 1 N–H and O–H groups in total. The summed E-state index contributed by atoms with van der Waals surface area (Å²) in [5.41, 5.74) is 1.15. The molecule has 0 aliphatic heterocycles. The summed E-state index contributed by atoms with van der Waals surface area (Å²) in [6, 6.07) is 10.2. The number of aromatic nitrogens is 2. The molecule has 0 radical (unpaired) electrons. The van der Waals surface area contributed by atoms with Gasteiger partial charge in [0.15, 0.2) is 0 Å². The highest BCUT2D eigenvalue weighted by Crippen LogP contribution is 2.18. The van der Waals surface area contributed by atoms with Crippen LogP contribution in [-0.4, -0.2) is 27.0 Å². The summed E-state index contributed by atoms with van der Waals surface area (Å²) in [6.07, 6.45) is 4.64. The van der Waals surface area contributed by atoms with E-state index in [-0.39, 0.29) is 11.9 Å². The summed E-state index contributed by atoms with van der Waals surface area (Å²) in [7, 11) is 0. The molecule has 5 heteroatoms. The molecule has 0 fully saturated rings. The van der Waals surface area contributed by atoms with Crippen LogP contribution >= 0.6 is 11.8 Å². The fourth-order valence-electron chi connectivity index (χ4n) is 2.35. The lowest BCUT2D eigenvalue weighted by molar-refractivity contribution is -0.119. The van der Waals surface area contributed by atoms with Gasteiger partial charge in [-0.25, -0.2) is 4.98 Å². The number of amides is 1. The molecular formula is C17H23N3OS. The number of imidazole rings is 1. The van der Waals surface area contributed by atoms with Gasteiger partial charge in [-0.15, -0.1) is 0 Å². The van der Waals surface area contributed by atoms with Crippen LogP contribution in [0.15, 0.2) is 42.7 Å². The minimum atomic E-state index is 0.0351. The third kappa shape index (κ3) is 4.91. The predicted octanol–water partition coefficient (Wildman–Crippen LogP) is 3.19. The van der Waals surface area contributed by atoms with Gasteiger partial charge in [0, 0.05) is 18.9 Å². The number of carbonyl (C=O) groups is 1. The van der Waals surface area contributed by atoms with E-state index in [0.29, 0.717) is 5.75 Å². The number of benzene rings is 1. The number of nitrogens with zero attached hydrogens (tertiary/aromatic N) is 2. The molecule has 0 aliphatic rings. The largest absolute Gasteiger partial charge is 0.349 e. The standard InChI is InChI=1S/C17H23N3OS/c1-3-22-13-17(21)19-16(15-7-5-4-6-8-15)9-11-20-12-10-18-14(20)2/h4-8,10,12,16H,3,9,11,13H2,1-2H3,(H,19,21). The van der Waals surface area contributed by atoms with Crippen molar-refractivity contribution in [2.75, 3.05) is 11.5 Å². The second-order valence-electron chi connectivity index (χ2n) is 5.12. The van der Waals surface area contributed by atoms with E-state index in [4.69, 9.17) is 0 Å². The van der Waals surface area contributed by atoms with Crippen LogP contribution in [0.1, 0.15) is 30.8 Å². The molecule has 0 saturated carbocycles. The third-order valence-electron chi connectivity index (χ3n) is 3.56. The normalized spacial score (nSPS) is 12.1. The highest BCUT2D eigenvalue weighted by Gasteiger charge is 2.14. The molecule has 1 atom stereocenters. The van der Waals surface area contributed by atoms with Crippen LogP contribution in [0, 0.1) is 6.92 Å². The van der Waals surface area contributed by atoms with Crippen LogP contribution in [0.25, 0.3) is 0 Å². The molecule has 1 aromatic heterocycles. The Balaban J connectivity index is 2.01. The second kappa shape index (κ2) is 8.63. The highest BCUT2D eigenvalue weighted by molar-refractivity contribution is 7.99. The van der Waals surface area contributed by atoms with Crippen LogP contribution in [0.4, 0.5) is 0 Å². The fourth-order valence-corrected chi connectivity index (χ4v) is 2.82. The lowest BCUT2D eigenvalue weighted by atomic mass is 10.0. The number of hydrogen-bond acceptors (Lipinski definition) is 3. The van der Waals surface area contributed by atoms with Gasteiger partial charge < -0.3 is 9.88 Å². The SMILES string of the molecule is CCSCC(=O)NC(CCn1ccnc1C)c1ccccc1. The third-order valence-corrected chi connectivity index (χ3v) is 4.43. The molecule has 118 valence electrons. The Bertz CT molecular complexity index is 583. The van der Waals surface area contributed by atoms with Crippen molar-refractivity contribution in [2.24, 2.45) is 0 Å². The van der Waals surface area contributed by atoms with Gasteiger partial charge in [-0.2, -0.15) is 11.8 Å². The van der Waals surface area contributed by atoms with Crippen molar-refractivity contribution in [1.29, 1.82) is 0 Å². The maximum Gasteiger partial charge on any atom is 0.230 e. The number of hydrogen-bond donors (Lipinski definition) is 1. The fraction of sp³-hybridized carbons (Fsp3) is 0.412. The molecule has 0 aliphatic carbocycles. The number of carbonyl (C=O) groups excluding carboxylic acids is 1. The molecule has 22 heavy (non-hydrogen) atoms. The Kier molecular flexibility index (Phi) is 6.52. The topological polar surface area (TPSA) is 46.9 Å². The van der Waals surface area contributed by atoms with Crippen LogP contribution in [0.5, 0.6) is 0 Å². The summed E-state index contributed by atoms with van der Waals surface area (Å²) in [6.45, 7) is 4.90. The molecule has 0 spiro atoms. The van der Waals surface area contributed by atoms with E-state index in [1.807, 2.05) is 37.5 Å². The van der Waals surface area contributed by atoms with Crippen LogP contribution in [0.2, 0.25) is 0 Å². The molecule has 1 aromatic carbocycles. The maximum absolute atomic E-state index is 12.1. The number of rotatable bonds is 8. The van der Waals surface area contributed by atoms with Crippen LogP contribution in [0.3, 0.4) is 0 Å². The van der Waals surface area contributed by atoms with Gasteiger partial charge in [0.05, 0.1) is 11.8 Å². The van der Waals surface area contributed by atoms with Crippen LogP contribution < -0.4 is 5.32 Å². The summed E-state index contributed by atoms with van der Waals surface area (Å²) < 4.78 is 2.11. The highest BCUT2D eigenvalue weighted by atomic mass is 32.2. The van der Waals surface area contributed by atoms with Gasteiger partial charge in [-0.05, 0) is 24.7 Å². The van der Waals surface area contributed by atoms with Crippen molar-refractivity contribution in [3.05, 3.63) is 54.1 Å². The van der Waals surface area contributed by atoms with Crippen molar-refractivity contribution < 1.29 is 4.79 Å². The molecule has 2 rings (SSSR count). The molecule has 2 aromatic rings. The Morgan fingerprint density at radius 3 is 2.77 bits per heavy atom. The molecule has 1 unspecified atom stereocenters. The van der Waals surface area contributed by atoms with E-state index < -0.39 is 0 Å². The number of thioether (sulfide) groups is 1. The van der Waals surface area contributed by atoms with Gasteiger partial charge in [0.25, 0.3) is 0 Å². The first-order chi connectivity index (χ1) is 10.7. The molecule has 1 amide bonds. The van der Waals surface area contributed by atoms with E-state index in [1.165, 1.54) is 0 Å². The number of nitrogens with one attached hydrogen (secondary N) is 1. The minimum absolute atomic E-state index is 0.0351. The van der Waals surface area contributed by atoms with E-state index >= 15 is 0 Å². The summed E-state index contributed by atoms with van der Waals surface area (Å²) in [4.78, 5) is 16.3. The van der Waals surface area contributed by atoms with Gasteiger partial charge in [-0.1, -0.05) is 37.3 Å². The van der Waals surface area contributed by atoms with E-state index in [1.54, 1.807) is 11.8 Å². The lowest BCUT2D eigenvalue weighted by Crippen LogP contribution is -2.30. The number of aryl methyl sites for hydroxylation is 2. The Labute approximate surface area is 136 Å². The average Bonchev–Trinajstić information content (AvgIpc) is 2.95. The summed E-state index contributed by atoms with van der Waals surface area (Å²) in [5.74, 6) is 2.57. The first kappa shape index (κ1) is 16.6. The van der Waals surface area contributed by atoms with Crippen molar-refractivity contribution in [3.63, 3.8) is 0 Å². The average molecular weight is 317 g/mol. The Morgan fingerprint density at radius 2 is 2.14 bits per heavy atom. The van der Waals surface area contributed by atoms with E-state index in [2.05, 4.69) is 33.9 Å². The Hall–Kier alpha value is -1.75. The first-order valence-electron chi connectivity index (χ1n) is 7.60. The predicted molar refractivity (Wildman–Crippen MR) is 91.9 cm³/mol. The zero-order valence-electron chi connectivity index (χ0n) is 13.2. The summed E-state index contributed by atoms with van der Waals surface area (Å²) >= 11 is 1.64. The molecule has 4 nitrogen and oxygen atoms in total. The molecule has 1 heterocycles. The second-order valence-corrected chi connectivity index (χ2v) is 6.40. The monoisotopic (exact) mass is 317 g/mol. The first-order valence-corrected chi connectivity index (χ1v) is 8.76. The van der Waals surface area contributed by atoms with Crippen molar-refractivity contribution in [1.82, 2.24) is 14.9 Å². The van der Waals surface area contributed by atoms with E-state index in [9.17, 15) is 4.79 Å². The molecule has 0 bridgehead atoms. The van der Waals surface area contributed by atoms with Gasteiger partial charge in [0.2, 0.25) is 5.91 Å². The van der Waals surface area contributed by atoms with Crippen molar-refractivity contribution >= 4 is 17.7 Å². The maximum atomic E-state index is 12.1. The smallest absolute Gasteiger partial charge is 0.230 e. The molecule has 0 saturated heterocycles. The van der Waals surface area contributed by atoms with Crippen molar-refractivity contribution in [2.45, 2.75) is 32.9 Å². The minimum Gasteiger partial charge on any atom is -0.349 e. The summed E-state index contributed by atoms with van der Waals surface area (Å²) in [5, 5.41) is 3.16. The Morgan fingerprint density at radius 1 is 1.36 bits per heavy atom. The zero-order valence-corrected chi connectivity index (χ0v) is 14.0. The van der Waals surface area contributed by atoms with E-state index in [0.717, 1.165) is 30.1 Å². The quantitative estimate of drug-likeness (QED) is 0.813.